The van der Waals surface area contributed by atoms with Crippen LogP contribution in [0.5, 0.6) is 0 Å². The highest BCUT2D eigenvalue weighted by Gasteiger charge is 2.20. The highest BCUT2D eigenvalue weighted by molar-refractivity contribution is 7.99. The van der Waals surface area contributed by atoms with E-state index in [9.17, 15) is 0 Å². The van der Waals surface area contributed by atoms with E-state index in [2.05, 4.69) is 41.4 Å². The number of nitrogens with zero attached hydrogens (tertiary/aromatic N) is 3. The molecular formula is C14H20N4S. The number of aromatic nitrogens is 3. The van der Waals surface area contributed by atoms with E-state index >= 15 is 0 Å². The first-order chi connectivity index (χ1) is 8.99. The van der Waals surface area contributed by atoms with Crippen LogP contribution in [-0.4, -0.2) is 20.8 Å². The molecule has 0 amide bonds. The van der Waals surface area contributed by atoms with Crippen LogP contribution in [0.15, 0.2) is 29.4 Å². The van der Waals surface area contributed by atoms with Gasteiger partial charge in [-0.2, -0.15) is 0 Å². The van der Waals surface area contributed by atoms with Crippen molar-refractivity contribution in [3.63, 3.8) is 0 Å². The molecule has 2 unspecified atom stereocenters. The summed E-state index contributed by atoms with van der Waals surface area (Å²) in [5.74, 6) is 0.912. The molecule has 0 fully saturated rings. The zero-order valence-corrected chi connectivity index (χ0v) is 12.6. The van der Waals surface area contributed by atoms with Crippen molar-refractivity contribution >= 4 is 11.8 Å². The fraction of sp³-hybridized carbons (Fsp3) is 0.429. The largest absolute Gasteiger partial charge is 0.327 e. The Morgan fingerprint density at radius 1 is 1.26 bits per heavy atom. The molecule has 0 aliphatic rings. The third kappa shape index (κ3) is 3.16. The van der Waals surface area contributed by atoms with E-state index in [1.54, 1.807) is 11.8 Å². The lowest BCUT2D eigenvalue weighted by atomic mass is 10.0. The maximum Gasteiger partial charge on any atom is 0.191 e. The molecule has 0 radical (unpaired) electrons. The molecule has 2 rings (SSSR count). The van der Waals surface area contributed by atoms with Gasteiger partial charge in [0.15, 0.2) is 5.16 Å². The van der Waals surface area contributed by atoms with Crippen molar-refractivity contribution in [1.82, 2.24) is 14.8 Å². The minimum atomic E-state index is 0.0452. The molecule has 19 heavy (non-hydrogen) atoms. The summed E-state index contributed by atoms with van der Waals surface area (Å²) in [6.45, 7) is 6.08. The average Bonchev–Trinajstić information content (AvgIpc) is 2.67. The molecule has 0 saturated carbocycles. The van der Waals surface area contributed by atoms with Crippen molar-refractivity contribution in [2.45, 2.75) is 37.2 Å². The number of aryl methyl sites for hydroxylation is 2. The molecule has 0 aliphatic carbocycles. The summed E-state index contributed by atoms with van der Waals surface area (Å²) < 4.78 is 2.00. The Kier molecular flexibility index (Phi) is 4.27. The second-order valence-corrected chi connectivity index (χ2v) is 6.01. The van der Waals surface area contributed by atoms with Crippen LogP contribution in [0, 0.1) is 13.8 Å². The van der Waals surface area contributed by atoms with E-state index < -0.39 is 0 Å². The van der Waals surface area contributed by atoms with Crippen molar-refractivity contribution in [3.05, 3.63) is 41.2 Å². The second-order valence-electron chi connectivity index (χ2n) is 4.90. The molecule has 4 nitrogen and oxygen atoms in total. The number of benzene rings is 1. The SMILES string of the molecule is Cc1cccc(C(Sc2nnc(C)n2C)C(C)N)c1. The predicted octanol–water partition coefficient (Wildman–Crippen LogP) is 2.61. The maximum atomic E-state index is 6.15. The van der Waals surface area contributed by atoms with Gasteiger partial charge in [0.1, 0.15) is 5.82 Å². The number of thioether (sulfide) groups is 1. The van der Waals surface area contributed by atoms with Gasteiger partial charge in [-0.05, 0) is 26.3 Å². The van der Waals surface area contributed by atoms with E-state index in [0.717, 1.165) is 11.0 Å². The van der Waals surface area contributed by atoms with E-state index in [1.165, 1.54) is 11.1 Å². The molecular weight excluding hydrogens is 256 g/mol. The maximum absolute atomic E-state index is 6.15. The first-order valence-corrected chi connectivity index (χ1v) is 7.22. The lowest BCUT2D eigenvalue weighted by Crippen LogP contribution is -2.23. The van der Waals surface area contributed by atoms with Gasteiger partial charge in [0, 0.05) is 13.1 Å². The second kappa shape index (κ2) is 5.75. The third-order valence-electron chi connectivity index (χ3n) is 3.13. The van der Waals surface area contributed by atoms with Crippen LogP contribution in [0.2, 0.25) is 0 Å². The zero-order valence-electron chi connectivity index (χ0n) is 11.8. The minimum Gasteiger partial charge on any atom is -0.327 e. The summed E-state index contributed by atoms with van der Waals surface area (Å²) in [6.07, 6.45) is 0. The van der Waals surface area contributed by atoms with Crippen molar-refractivity contribution < 1.29 is 0 Å². The number of nitrogens with two attached hydrogens (primary N) is 1. The highest BCUT2D eigenvalue weighted by atomic mass is 32.2. The summed E-state index contributed by atoms with van der Waals surface area (Å²) in [5, 5.41) is 9.38. The van der Waals surface area contributed by atoms with E-state index in [1.807, 2.05) is 25.5 Å². The molecule has 5 heteroatoms. The van der Waals surface area contributed by atoms with Crippen LogP contribution < -0.4 is 5.73 Å². The zero-order chi connectivity index (χ0) is 14.0. The molecule has 1 aromatic heterocycles. The topological polar surface area (TPSA) is 56.7 Å². The Bertz CT molecular complexity index is 562. The molecule has 2 atom stereocenters. The molecule has 2 aromatic rings. The highest BCUT2D eigenvalue weighted by Crippen LogP contribution is 2.36. The molecule has 102 valence electrons. The van der Waals surface area contributed by atoms with Crippen molar-refractivity contribution in [3.8, 4) is 0 Å². The minimum absolute atomic E-state index is 0.0452. The smallest absolute Gasteiger partial charge is 0.191 e. The lowest BCUT2D eigenvalue weighted by molar-refractivity contribution is 0.706. The summed E-state index contributed by atoms with van der Waals surface area (Å²) >= 11 is 1.67. The Morgan fingerprint density at radius 2 is 2.00 bits per heavy atom. The van der Waals surface area contributed by atoms with Gasteiger partial charge in [0.25, 0.3) is 0 Å². The molecule has 1 heterocycles. The van der Waals surface area contributed by atoms with Gasteiger partial charge in [-0.1, -0.05) is 41.6 Å². The van der Waals surface area contributed by atoms with Gasteiger partial charge in [0.05, 0.1) is 5.25 Å². The van der Waals surface area contributed by atoms with Crippen molar-refractivity contribution in [2.24, 2.45) is 12.8 Å². The Labute approximate surface area is 118 Å². The molecule has 0 aliphatic heterocycles. The van der Waals surface area contributed by atoms with E-state index in [4.69, 9.17) is 5.73 Å². The quantitative estimate of drug-likeness (QED) is 0.872. The Hall–Kier alpha value is -1.33. The van der Waals surface area contributed by atoms with Crippen LogP contribution in [-0.2, 0) is 7.05 Å². The van der Waals surface area contributed by atoms with Crippen molar-refractivity contribution in [1.29, 1.82) is 0 Å². The van der Waals surface area contributed by atoms with Crippen LogP contribution in [0.1, 0.15) is 29.1 Å². The third-order valence-corrected chi connectivity index (χ3v) is 4.65. The fourth-order valence-electron chi connectivity index (χ4n) is 1.93. The Morgan fingerprint density at radius 3 is 2.53 bits per heavy atom. The number of hydrogen-bond donors (Lipinski definition) is 1. The molecule has 1 aromatic carbocycles. The molecule has 0 saturated heterocycles. The average molecular weight is 276 g/mol. The Balaban J connectivity index is 2.29. The molecule has 0 bridgehead atoms. The first-order valence-electron chi connectivity index (χ1n) is 6.34. The summed E-state index contributed by atoms with van der Waals surface area (Å²) in [4.78, 5) is 0. The van der Waals surface area contributed by atoms with Crippen LogP contribution in [0.4, 0.5) is 0 Å². The van der Waals surface area contributed by atoms with Gasteiger partial charge in [0.2, 0.25) is 0 Å². The van der Waals surface area contributed by atoms with Gasteiger partial charge in [-0.3, -0.25) is 0 Å². The van der Waals surface area contributed by atoms with Crippen LogP contribution >= 0.6 is 11.8 Å². The van der Waals surface area contributed by atoms with Gasteiger partial charge in [-0.25, -0.2) is 0 Å². The first kappa shape index (κ1) is 14.1. The predicted molar refractivity (Wildman–Crippen MR) is 79.2 cm³/mol. The van der Waals surface area contributed by atoms with Gasteiger partial charge < -0.3 is 10.3 Å². The van der Waals surface area contributed by atoms with Crippen LogP contribution in [0.3, 0.4) is 0 Å². The summed E-state index contributed by atoms with van der Waals surface area (Å²) in [5.41, 5.74) is 8.63. The standard InChI is InChI=1S/C14H20N4S/c1-9-6-5-7-12(8-9)13(10(2)15)19-14-17-16-11(3)18(14)4/h5-8,10,13H,15H2,1-4H3. The fourth-order valence-corrected chi connectivity index (χ4v) is 3.03. The van der Waals surface area contributed by atoms with E-state index in [-0.39, 0.29) is 11.3 Å². The molecule has 2 N–H and O–H groups in total. The number of hydrogen-bond acceptors (Lipinski definition) is 4. The summed E-state index contributed by atoms with van der Waals surface area (Å²) in [7, 11) is 1.98. The number of rotatable bonds is 4. The van der Waals surface area contributed by atoms with Crippen LogP contribution in [0.25, 0.3) is 0 Å². The normalized spacial score (nSPS) is 14.4. The van der Waals surface area contributed by atoms with Gasteiger partial charge >= 0.3 is 0 Å². The molecule has 0 spiro atoms. The van der Waals surface area contributed by atoms with Gasteiger partial charge in [-0.15, -0.1) is 10.2 Å². The summed E-state index contributed by atoms with van der Waals surface area (Å²) in [6, 6.07) is 8.52. The lowest BCUT2D eigenvalue weighted by Gasteiger charge is -2.20. The monoisotopic (exact) mass is 276 g/mol. The van der Waals surface area contributed by atoms with Crippen molar-refractivity contribution in [2.75, 3.05) is 0 Å². The van der Waals surface area contributed by atoms with E-state index in [0.29, 0.717) is 0 Å².